The van der Waals surface area contributed by atoms with Gasteiger partial charge < -0.3 is 15.0 Å². The summed E-state index contributed by atoms with van der Waals surface area (Å²) in [4.78, 5) is 13.0. The molecule has 6 heteroatoms. The monoisotopic (exact) mass is 291 g/mol. The number of nitrogens with one attached hydrogen (secondary N) is 1. The minimum absolute atomic E-state index is 0.0140. The van der Waals surface area contributed by atoms with Crippen LogP contribution < -0.4 is 15.0 Å². The number of hydrogen-bond donors (Lipinski definition) is 1. The number of benzene rings is 1. The molecule has 0 saturated carbocycles. The SMILES string of the molecule is COc1cc(N2CC3CNCC3C2(C)C)ccc1[N+](=O)[O-]. The normalized spacial score (nSPS) is 26.7. The summed E-state index contributed by atoms with van der Waals surface area (Å²) in [5.74, 6) is 1.57. The number of nitrogens with zero attached hydrogens (tertiary/aromatic N) is 2. The smallest absolute Gasteiger partial charge is 0.311 e. The average Bonchev–Trinajstić information content (AvgIpc) is 3.00. The number of methoxy groups -OCH3 is 1. The van der Waals surface area contributed by atoms with Gasteiger partial charge in [0.05, 0.1) is 12.0 Å². The minimum atomic E-state index is -0.406. The van der Waals surface area contributed by atoms with Gasteiger partial charge in [0.15, 0.2) is 5.75 Å². The molecule has 0 bridgehead atoms. The molecule has 2 fully saturated rings. The van der Waals surface area contributed by atoms with E-state index in [1.165, 1.54) is 13.2 Å². The third kappa shape index (κ3) is 2.14. The molecule has 0 radical (unpaired) electrons. The second kappa shape index (κ2) is 4.87. The lowest BCUT2D eigenvalue weighted by molar-refractivity contribution is -0.385. The van der Waals surface area contributed by atoms with Crippen LogP contribution >= 0.6 is 0 Å². The maximum Gasteiger partial charge on any atom is 0.311 e. The molecular weight excluding hydrogens is 270 g/mol. The summed E-state index contributed by atoms with van der Waals surface area (Å²) in [5, 5.41) is 14.5. The van der Waals surface area contributed by atoms with E-state index in [1.807, 2.05) is 6.07 Å². The fourth-order valence-electron chi connectivity index (χ4n) is 3.84. The van der Waals surface area contributed by atoms with Gasteiger partial charge in [-0.05, 0) is 31.7 Å². The molecule has 2 aliphatic rings. The average molecular weight is 291 g/mol. The number of hydrogen-bond acceptors (Lipinski definition) is 5. The molecule has 3 rings (SSSR count). The van der Waals surface area contributed by atoms with Crippen molar-refractivity contribution in [3.8, 4) is 5.75 Å². The number of fused-ring (bicyclic) bond motifs is 1. The third-order valence-corrected chi connectivity index (χ3v) is 5.03. The maximum atomic E-state index is 11.0. The van der Waals surface area contributed by atoms with Gasteiger partial charge in [-0.25, -0.2) is 0 Å². The lowest BCUT2D eigenvalue weighted by Gasteiger charge is -2.37. The van der Waals surface area contributed by atoms with Crippen LogP contribution in [0.4, 0.5) is 11.4 Å². The van der Waals surface area contributed by atoms with Crippen LogP contribution in [0.2, 0.25) is 0 Å². The zero-order valence-electron chi connectivity index (χ0n) is 12.6. The lowest BCUT2D eigenvalue weighted by Crippen LogP contribution is -2.44. The quantitative estimate of drug-likeness (QED) is 0.682. The van der Waals surface area contributed by atoms with Gasteiger partial charge in [0, 0.05) is 43.0 Å². The molecule has 2 heterocycles. The molecule has 0 aromatic heterocycles. The summed E-state index contributed by atoms with van der Waals surface area (Å²) < 4.78 is 5.19. The number of anilines is 1. The van der Waals surface area contributed by atoms with Crippen molar-refractivity contribution in [1.82, 2.24) is 5.32 Å². The third-order valence-electron chi connectivity index (χ3n) is 5.03. The fraction of sp³-hybridized carbons (Fsp3) is 0.600. The summed E-state index contributed by atoms with van der Waals surface area (Å²) in [7, 11) is 1.47. The Morgan fingerprint density at radius 2 is 2.19 bits per heavy atom. The first-order valence-corrected chi connectivity index (χ1v) is 7.26. The highest BCUT2D eigenvalue weighted by Crippen LogP contribution is 2.44. The first kappa shape index (κ1) is 14.1. The Labute approximate surface area is 124 Å². The summed E-state index contributed by atoms with van der Waals surface area (Å²) in [6.45, 7) is 7.57. The summed E-state index contributed by atoms with van der Waals surface area (Å²) in [5.41, 5.74) is 1.05. The van der Waals surface area contributed by atoms with E-state index in [0.717, 1.165) is 25.3 Å². The Kier molecular flexibility index (Phi) is 3.28. The van der Waals surface area contributed by atoms with Crippen molar-refractivity contribution < 1.29 is 9.66 Å². The molecule has 1 N–H and O–H groups in total. The highest BCUT2D eigenvalue weighted by atomic mass is 16.6. The molecule has 0 aliphatic carbocycles. The van der Waals surface area contributed by atoms with Crippen LogP contribution in [0.3, 0.4) is 0 Å². The fourth-order valence-corrected chi connectivity index (χ4v) is 3.84. The van der Waals surface area contributed by atoms with Crippen LogP contribution in [0, 0.1) is 22.0 Å². The van der Waals surface area contributed by atoms with Crippen molar-refractivity contribution in [2.24, 2.45) is 11.8 Å². The largest absolute Gasteiger partial charge is 0.490 e. The molecular formula is C15H21N3O3. The predicted molar refractivity (Wildman–Crippen MR) is 80.9 cm³/mol. The number of nitro groups is 1. The molecule has 1 aromatic carbocycles. The van der Waals surface area contributed by atoms with Gasteiger partial charge in [-0.3, -0.25) is 10.1 Å². The van der Waals surface area contributed by atoms with Gasteiger partial charge in [0.2, 0.25) is 0 Å². The van der Waals surface area contributed by atoms with Gasteiger partial charge >= 0.3 is 5.69 Å². The van der Waals surface area contributed by atoms with Crippen LogP contribution in [0.25, 0.3) is 0 Å². The highest BCUT2D eigenvalue weighted by Gasteiger charge is 2.49. The van der Waals surface area contributed by atoms with Gasteiger partial charge in [-0.15, -0.1) is 0 Å². The molecule has 0 amide bonds. The molecule has 21 heavy (non-hydrogen) atoms. The molecule has 0 spiro atoms. The topological polar surface area (TPSA) is 67.6 Å². The van der Waals surface area contributed by atoms with E-state index >= 15 is 0 Å². The van der Waals surface area contributed by atoms with E-state index in [-0.39, 0.29) is 11.2 Å². The van der Waals surface area contributed by atoms with Gasteiger partial charge in [0.1, 0.15) is 0 Å². The van der Waals surface area contributed by atoms with Gasteiger partial charge in [0.25, 0.3) is 0 Å². The second-order valence-electron chi connectivity index (χ2n) is 6.40. The Balaban J connectivity index is 1.96. The molecule has 6 nitrogen and oxygen atoms in total. The second-order valence-corrected chi connectivity index (χ2v) is 6.40. The molecule has 2 unspecified atom stereocenters. The zero-order valence-corrected chi connectivity index (χ0v) is 12.6. The van der Waals surface area contributed by atoms with E-state index < -0.39 is 4.92 Å². The van der Waals surface area contributed by atoms with Crippen LogP contribution in [-0.4, -0.2) is 37.2 Å². The van der Waals surface area contributed by atoms with Crippen LogP contribution in [0.1, 0.15) is 13.8 Å². The minimum Gasteiger partial charge on any atom is -0.490 e. The number of rotatable bonds is 3. The van der Waals surface area contributed by atoms with Crippen molar-refractivity contribution in [2.45, 2.75) is 19.4 Å². The standard InChI is InChI=1S/C15H21N3O3/c1-15(2)12-8-16-7-10(12)9-17(15)11-4-5-13(18(19)20)14(6-11)21-3/h4-6,10,12,16H,7-9H2,1-3H3. The summed E-state index contributed by atoms with van der Waals surface area (Å²) >= 11 is 0. The zero-order chi connectivity index (χ0) is 15.2. The molecule has 2 saturated heterocycles. The van der Waals surface area contributed by atoms with Crippen molar-refractivity contribution in [2.75, 3.05) is 31.6 Å². The van der Waals surface area contributed by atoms with Crippen LogP contribution in [0.15, 0.2) is 18.2 Å². The van der Waals surface area contributed by atoms with E-state index in [4.69, 9.17) is 4.74 Å². The summed E-state index contributed by atoms with van der Waals surface area (Å²) in [6.07, 6.45) is 0. The Bertz CT molecular complexity index is 573. The first-order valence-electron chi connectivity index (χ1n) is 7.26. The molecule has 114 valence electrons. The van der Waals surface area contributed by atoms with Crippen molar-refractivity contribution in [3.63, 3.8) is 0 Å². The Morgan fingerprint density at radius 3 is 2.81 bits per heavy atom. The van der Waals surface area contributed by atoms with Crippen molar-refractivity contribution in [1.29, 1.82) is 0 Å². The van der Waals surface area contributed by atoms with Crippen LogP contribution in [-0.2, 0) is 0 Å². The summed E-state index contributed by atoms with van der Waals surface area (Å²) in [6, 6.07) is 5.15. The molecule has 2 atom stereocenters. The van der Waals surface area contributed by atoms with E-state index in [9.17, 15) is 10.1 Å². The van der Waals surface area contributed by atoms with Gasteiger partial charge in [-0.2, -0.15) is 0 Å². The van der Waals surface area contributed by atoms with Crippen molar-refractivity contribution in [3.05, 3.63) is 28.3 Å². The van der Waals surface area contributed by atoms with E-state index in [0.29, 0.717) is 17.6 Å². The predicted octanol–water partition coefficient (Wildman–Crippen LogP) is 2.04. The highest BCUT2D eigenvalue weighted by molar-refractivity contribution is 5.61. The molecule has 2 aliphatic heterocycles. The van der Waals surface area contributed by atoms with Crippen LogP contribution in [0.5, 0.6) is 5.75 Å². The Morgan fingerprint density at radius 1 is 1.43 bits per heavy atom. The Hall–Kier alpha value is -1.82. The maximum absolute atomic E-state index is 11.0. The lowest BCUT2D eigenvalue weighted by atomic mass is 9.84. The van der Waals surface area contributed by atoms with E-state index in [2.05, 4.69) is 24.1 Å². The first-order chi connectivity index (χ1) is 9.95. The number of ether oxygens (including phenoxy) is 1. The van der Waals surface area contributed by atoms with Gasteiger partial charge in [-0.1, -0.05) is 0 Å². The number of nitro benzene ring substituents is 1. The van der Waals surface area contributed by atoms with Crippen molar-refractivity contribution >= 4 is 11.4 Å². The van der Waals surface area contributed by atoms with E-state index in [1.54, 1.807) is 6.07 Å². The molecule has 1 aromatic rings.